The van der Waals surface area contributed by atoms with Crippen molar-refractivity contribution in [3.05, 3.63) is 77.2 Å². The van der Waals surface area contributed by atoms with Gasteiger partial charge in [0.1, 0.15) is 23.3 Å². The quantitative estimate of drug-likeness (QED) is 0.211. The molecule has 0 bridgehead atoms. The molecule has 4 aromatic rings. The molecule has 0 aliphatic rings. The number of ether oxygens (including phenoxy) is 1. The zero-order valence-electron chi connectivity index (χ0n) is 23.4. The first kappa shape index (κ1) is 29.4. The topological polar surface area (TPSA) is 105 Å². The third-order valence-electron chi connectivity index (χ3n) is 6.35. The number of aromatic nitrogens is 3. The van der Waals surface area contributed by atoms with E-state index in [0.717, 1.165) is 35.2 Å². The number of carbonyl (C=O) groups excluding carboxylic acids is 1. The van der Waals surface area contributed by atoms with Gasteiger partial charge in [-0.15, -0.1) is 0 Å². The summed E-state index contributed by atoms with van der Waals surface area (Å²) in [7, 11) is 0. The van der Waals surface area contributed by atoms with E-state index in [4.69, 9.17) is 4.74 Å². The second-order valence-electron chi connectivity index (χ2n) is 10.7. The number of aryl methyl sites for hydroxylation is 1. The Balaban J connectivity index is 1.72. The van der Waals surface area contributed by atoms with Crippen LogP contribution in [-0.2, 0) is 16.1 Å². The van der Waals surface area contributed by atoms with Crippen LogP contribution >= 0.6 is 0 Å². The first-order valence-electron chi connectivity index (χ1n) is 13.1. The first-order chi connectivity index (χ1) is 19.4. The van der Waals surface area contributed by atoms with Crippen molar-refractivity contribution in [2.24, 2.45) is 5.92 Å². The van der Waals surface area contributed by atoms with Gasteiger partial charge >= 0.3 is 5.97 Å². The Morgan fingerprint density at radius 2 is 1.83 bits per heavy atom. The van der Waals surface area contributed by atoms with E-state index >= 15 is 4.39 Å². The van der Waals surface area contributed by atoms with Crippen molar-refractivity contribution < 1.29 is 22.7 Å². The predicted octanol–water partition coefficient (Wildman–Crippen LogP) is 7.00. The molecule has 11 heteroatoms. The molecule has 214 valence electrons. The van der Waals surface area contributed by atoms with Crippen LogP contribution in [0.3, 0.4) is 0 Å². The summed E-state index contributed by atoms with van der Waals surface area (Å²) in [6, 6.07) is 10.5. The number of rotatable bonds is 9. The molecule has 2 heterocycles. The smallest absolute Gasteiger partial charge is 0.306 e. The van der Waals surface area contributed by atoms with Crippen LogP contribution in [0, 0.1) is 34.7 Å². The van der Waals surface area contributed by atoms with Gasteiger partial charge in [-0.3, -0.25) is 9.48 Å². The van der Waals surface area contributed by atoms with Gasteiger partial charge in [-0.1, -0.05) is 13.0 Å². The number of fused-ring (bicyclic) bond motifs is 1. The molecule has 2 aromatic heterocycles. The highest BCUT2D eigenvalue weighted by molar-refractivity contribution is 5.93. The second-order valence-corrected chi connectivity index (χ2v) is 10.7. The third kappa shape index (κ3) is 6.95. The maximum atomic E-state index is 15.3. The summed E-state index contributed by atoms with van der Waals surface area (Å²) in [5.41, 5.74) is 0.826. The lowest BCUT2D eigenvalue weighted by Gasteiger charge is -2.28. The Hall–Kier alpha value is -4.59. The van der Waals surface area contributed by atoms with E-state index in [9.17, 15) is 18.8 Å². The summed E-state index contributed by atoms with van der Waals surface area (Å²) in [6.45, 7) is 9.48. The molecule has 0 amide bonds. The number of halogens is 3. The molecular formula is C30H31F3N6O2. The van der Waals surface area contributed by atoms with Crippen molar-refractivity contribution in [3.63, 3.8) is 0 Å². The number of hydrogen-bond acceptors (Lipinski definition) is 7. The number of nitriles is 1. The van der Waals surface area contributed by atoms with Gasteiger partial charge in [-0.2, -0.15) is 10.4 Å². The van der Waals surface area contributed by atoms with Crippen molar-refractivity contribution in [3.8, 4) is 6.07 Å². The molecule has 2 atom stereocenters. The Labute approximate surface area is 236 Å². The van der Waals surface area contributed by atoms with Gasteiger partial charge in [-0.05, 0) is 69.5 Å². The number of nitrogens with one attached hydrogen (secondary N) is 2. The molecule has 0 aliphatic heterocycles. The number of hydrogen-bond donors (Lipinski definition) is 2. The van der Waals surface area contributed by atoms with Gasteiger partial charge in [0.2, 0.25) is 0 Å². The van der Waals surface area contributed by atoms with Crippen LogP contribution in [0.25, 0.3) is 10.9 Å². The fraction of sp³-hybridized carbons (Fsp3) is 0.333. The summed E-state index contributed by atoms with van der Waals surface area (Å²) in [6.07, 6.45) is 1.56. The van der Waals surface area contributed by atoms with Crippen LogP contribution < -0.4 is 10.6 Å². The van der Waals surface area contributed by atoms with Crippen LogP contribution in [0.1, 0.15) is 58.2 Å². The normalized spacial score (nSPS) is 13.0. The van der Waals surface area contributed by atoms with Crippen molar-refractivity contribution in [2.75, 3.05) is 10.6 Å². The van der Waals surface area contributed by atoms with Crippen molar-refractivity contribution in [2.45, 2.75) is 59.2 Å². The summed E-state index contributed by atoms with van der Waals surface area (Å²) in [5, 5.41) is 20.9. The zero-order valence-corrected chi connectivity index (χ0v) is 23.4. The number of benzene rings is 2. The monoisotopic (exact) mass is 564 g/mol. The van der Waals surface area contributed by atoms with Crippen molar-refractivity contribution >= 4 is 34.2 Å². The molecule has 2 N–H and O–H groups in total. The molecule has 0 saturated carbocycles. The standard InChI is InChI=1S/C30H31F3N6O2/c1-6-39-25-9-7-8-24(22(25)16-35-39)36-28-19(15-34)13-23(33)29(38-28)37-27(18-11-20(31)14-21(32)12-18)17(2)10-26(40)41-30(3,4)5/h7-9,11-14,16-17,27H,6,10H2,1-5H3,(H2,36,37,38)/t17-,27+/m1/s1. The van der Waals surface area contributed by atoms with E-state index in [-0.39, 0.29) is 29.2 Å². The molecule has 0 aliphatic carbocycles. The molecule has 8 nitrogen and oxygen atoms in total. The van der Waals surface area contributed by atoms with Crippen LogP contribution in [0.2, 0.25) is 0 Å². The lowest BCUT2D eigenvalue weighted by atomic mass is 9.91. The Morgan fingerprint density at radius 3 is 2.46 bits per heavy atom. The molecule has 2 aromatic carbocycles. The van der Waals surface area contributed by atoms with Gasteiger partial charge in [0.25, 0.3) is 0 Å². The lowest BCUT2D eigenvalue weighted by Crippen LogP contribution is -2.28. The van der Waals surface area contributed by atoms with E-state index in [1.165, 1.54) is 0 Å². The number of carbonyl (C=O) groups is 1. The number of nitrogens with zero attached hydrogens (tertiary/aromatic N) is 4. The van der Waals surface area contributed by atoms with Crippen LogP contribution in [0.5, 0.6) is 0 Å². The Bertz CT molecular complexity index is 1600. The van der Waals surface area contributed by atoms with Crippen molar-refractivity contribution in [1.82, 2.24) is 14.8 Å². The van der Waals surface area contributed by atoms with E-state index in [0.29, 0.717) is 12.2 Å². The predicted molar refractivity (Wildman–Crippen MR) is 150 cm³/mol. The maximum absolute atomic E-state index is 15.3. The van der Waals surface area contributed by atoms with Crippen LogP contribution in [-0.4, -0.2) is 26.3 Å². The zero-order chi connectivity index (χ0) is 29.9. The van der Waals surface area contributed by atoms with Gasteiger partial charge < -0.3 is 15.4 Å². The fourth-order valence-electron chi connectivity index (χ4n) is 4.58. The average Bonchev–Trinajstić information content (AvgIpc) is 3.31. The summed E-state index contributed by atoms with van der Waals surface area (Å²) in [5.74, 6) is -3.83. The molecule has 0 unspecified atom stereocenters. The molecule has 41 heavy (non-hydrogen) atoms. The lowest BCUT2D eigenvalue weighted by molar-refractivity contribution is -0.155. The largest absolute Gasteiger partial charge is 0.460 e. The minimum atomic E-state index is -0.943. The third-order valence-corrected chi connectivity index (χ3v) is 6.35. The molecular weight excluding hydrogens is 533 g/mol. The highest BCUT2D eigenvalue weighted by atomic mass is 19.1. The number of pyridine rings is 1. The Kier molecular flexibility index (Phi) is 8.52. The van der Waals surface area contributed by atoms with Crippen LogP contribution in [0.4, 0.5) is 30.5 Å². The molecule has 4 rings (SSSR count). The van der Waals surface area contributed by atoms with E-state index in [1.54, 1.807) is 40.0 Å². The first-order valence-corrected chi connectivity index (χ1v) is 13.1. The molecule has 0 saturated heterocycles. The SMILES string of the molecule is CCn1ncc2c(Nc3nc(N[C@H](c4cc(F)cc(F)c4)[C@H](C)CC(=O)OC(C)(C)C)c(F)cc3C#N)cccc21. The molecule has 0 spiro atoms. The Morgan fingerprint density at radius 1 is 1.12 bits per heavy atom. The van der Waals surface area contributed by atoms with Crippen molar-refractivity contribution in [1.29, 1.82) is 5.26 Å². The summed E-state index contributed by atoms with van der Waals surface area (Å²) < 4.78 is 50.9. The van der Waals surface area contributed by atoms with E-state index in [1.807, 2.05) is 29.8 Å². The number of esters is 1. The number of anilines is 3. The highest BCUT2D eigenvalue weighted by Gasteiger charge is 2.27. The highest BCUT2D eigenvalue weighted by Crippen LogP contribution is 2.33. The average molecular weight is 565 g/mol. The van der Waals surface area contributed by atoms with E-state index < -0.39 is 41.0 Å². The summed E-state index contributed by atoms with van der Waals surface area (Å²) in [4.78, 5) is 16.9. The minimum absolute atomic E-state index is 0.0527. The maximum Gasteiger partial charge on any atom is 0.306 e. The second kappa shape index (κ2) is 11.9. The van der Waals surface area contributed by atoms with Gasteiger partial charge in [0.15, 0.2) is 17.5 Å². The summed E-state index contributed by atoms with van der Waals surface area (Å²) >= 11 is 0. The van der Waals surface area contributed by atoms with Gasteiger partial charge in [-0.25, -0.2) is 18.2 Å². The fourth-order valence-corrected chi connectivity index (χ4v) is 4.58. The van der Waals surface area contributed by atoms with Crippen LogP contribution in [0.15, 0.2) is 48.7 Å². The van der Waals surface area contributed by atoms with E-state index in [2.05, 4.69) is 20.7 Å². The molecule has 0 fully saturated rings. The van der Waals surface area contributed by atoms with Gasteiger partial charge in [0, 0.05) is 18.0 Å². The minimum Gasteiger partial charge on any atom is -0.460 e. The van der Waals surface area contributed by atoms with Gasteiger partial charge in [0.05, 0.1) is 35.4 Å². The molecule has 0 radical (unpaired) electrons.